The Labute approximate surface area is 192 Å². The number of carbonyl (C=O) groups excluding carboxylic acids is 1. The number of methoxy groups -OCH3 is 1. The summed E-state index contributed by atoms with van der Waals surface area (Å²) in [6, 6.07) is 7.06. The molecule has 34 heavy (non-hydrogen) atoms. The Hall–Kier alpha value is -4.12. The molecule has 174 valence electrons. The van der Waals surface area contributed by atoms with Crippen molar-refractivity contribution < 1.29 is 29.4 Å². The Morgan fingerprint density at radius 2 is 1.94 bits per heavy atom. The molecule has 2 heterocycles. The number of ether oxygens (including phenoxy) is 1. The van der Waals surface area contributed by atoms with Crippen molar-refractivity contribution in [2.75, 3.05) is 20.3 Å². The summed E-state index contributed by atoms with van der Waals surface area (Å²) < 4.78 is 19.8. The van der Waals surface area contributed by atoms with E-state index in [9.17, 15) is 19.6 Å². The molecule has 0 saturated carbocycles. The normalized spacial score (nSPS) is 15.7. The van der Waals surface area contributed by atoms with Gasteiger partial charge in [-0.1, -0.05) is 30.3 Å². The summed E-state index contributed by atoms with van der Waals surface area (Å²) in [5.74, 6) is -1.21. The number of aliphatic hydroxyl groups excluding tert-OH is 1. The van der Waals surface area contributed by atoms with Gasteiger partial charge in [-0.2, -0.15) is 0 Å². The van der Waals surface area contributed by atoms with Crippen LogP contribution in [0.5, 0.6) is 5.75 Å². The molecule has 4 N–H and O–H groups in total. The van der Waals surface area contributed by atoms with Crippen molar-refractivity contribution in [2.45, 2.75) is 0 Å². The summed E-state index contributed by atoms with van der Waals surface area (Å²) in [7, 11) is 1.37. The number of benzene rings is 1. The first-order valence-electron chi connectivity index (χ1n) is 10.2. The highest BCUT2D eigenvalue weighted by atomic mass is 19.1. The average Bonchev–Trinajstić information content (AvgIpc) is 2.86. The molecule has 0 radical (unpaired) electrons. The summed E-state index contributed by atoms with van der Waals surface area (Å²) in [4.78, 5) is 21.0. The largest absolute Gasteiger partial charge is 0.494 e. The van der Waals surface area contributed by atoms with Crippen LogP contribution in [0.2, 0.25) is 0 Å². The van der Waals surface area contributed by atoms with E-state index in [1.54, 1.807) is 41.9 Å². The Morgan fingerprint density at radius 3 is 2.59 bits per heavy atom. The van der Waals surface area contributed by atoms with E-state index >= 15 is 0 Å². The monoisotopic (exact) mass is 464 g/mol. The number of allylic oxidation sites excluding steroid dienone is 4. The van der Waals surface area contributed by atoms with Gasteiger partial charge in [-0.05, 0) is 29.0 Å². The SMILES string of the molecule is COc1c(C(=O)NO)c2c(nc1=c1ccc(=C3C=CC(=NCCO)C(F)=C3)cc1)C=CN(O)C=2. The van der Waals surface area contributed by atoms with Gasteiger partial charge in [0.2, 0.25) is 0 Å². The summed E-state index contributed by atoms with van der Waals surface area (Å²) in [5.41, 5.74) is 2.82. The Kier molecular flexibility index (Phi) is 6.64. The molecule has 1 aromatic carbocycles. The Balaban J connectivity index is 1.93. The molecule has 0 fully saturated rings. The van der Waals surface area contributed by atoms with Gasteiger partial charge in [-0.3, -0.25) is 20.2 Å². The quantitative estimate of drug-likeness (QED) is 0.391. The topological polar surface area (TPSA) is 128 Å². The second kappa shape index (κ2) is 9.79. The standard InChI is InChI=1S/C24H21FN4O5/c1-34-23-21(24(31)28-32)17-13-29(33)10-8-19(17)27-22(23)15-4-2-14(3-5-15)16-6-7-20(18(25)12-16)26-9-11-30/h2-8,10,12-13,30,32-33H,9,11H2,1H3,(H,28,31). The number of fused-ring (bicyclic) bond motifs is 1. The Morgan fingerprint density at radius 1 is 1.21 bits per heavy atom. The number of carbonyl (C=O) groups is 1. The number of nitrogens with zero attached hydrogens (tertiary/aromatic N) is 3. The van der Waals surface area contributed by atoms with Crippen LogP contribution in [-0.2, 0) is 0 Å². The van der Waals surface area contributed by atoms with Crippen molar-refractivity contribution >= 4 is 29.5 Å². The van der Waals surface area contributed by atoms with Crippen molar-refractivity contribution in [3.05, 3.63) is 86.8 Å². The van der Waals surface area contributed by atoms with E-state index in [0.717, 1.165) is 10.3 Å². The highest BCUT2D eigenvalue weighted by Gasteiger charge is 2.20. The predicted molar refractivity (Wildman–Crippen MR) is 122 cm³/mol. The summed E-state index contributed by atoms with van der Waals surface area (Å²) in [6.45, 7) is -0.0310. The number of hydroxylamine groups is 3. The van der Waals surface area contributed by atoms with Crippen LogP contribution in [0.25, 0.3) is 17.8 Å². The third kappa shape index (κ3) is 4.37. The second-order valence-electron chi connectivity index (χ2n) is 7.28. The maximum absolute atomic E-state index is 14.4. The molecule has 1 amide bonds. The lowest BCUT2D eigenvalue weighted by molar-refractivity contribution is 0.0321. The number of aliphatic hydroxyl groups is 1. The highest BCUT2D eigenvalue weighted by molar-refractivity contribution is 6.11. The first kappa shape index (κ1) is 23.1. The molecule has 0 saturated heterocycles. The fraction of sp³-hybridized carbons (Fsp3) is 0.125. The first-order valence-corrected chi connectivity index (χ1v) is 10.2. The van der Waals surface area contributed by atoms with E-state index in [0.29, 0.717) is 21.8 Å². The predicted octanol–water partition coefficient (Wildman–Crippen LogP) is 0.917. The van der Waals surface area contributed by atoms with Crippen LogP contribution in [0.1, 0.15) is 16.1 Å². The summed E-state index contributed by atoms with van der Waals surface area (Å²) in [5, 5.41) is 30.7. The number of amides is 1. The van der Waals surface area contributed by atoms with Gasteiger partial charge >= 0.3 is 0 Å². The zero-order valence-corrected chi connectivity index (χ0v) is 18.1. The van der Waals surface area contributed by atoms with Gasteiger partial charge < -0.3 is 9.84 Å². The van der Waals surface area contributed by atoms with E-state index in [1.165, 1.54) is 31.7 Å². The van der Waals surface area contributed by atoms with Gasteiger partial charge in [0.1, 0.15) is 11.2 Å². The number of rotatable bonds is 4. The van der Waals surface area contributed by atoms with Crippen LogP contribution in [-0.4, -0.2) is 57.4 Å². The third-order valence-electron chi connectivity index (χ3n) is 5.22. The fourth-order valence-electron chi connectivity index (χ4n) is 3.66. The molecule has 0 spiro atoms. The molecule has 1 aliphatic carbocycles. The fourth-order valence-corrected chi connectivity index (χ4v) is 3.66. The zero-order valence-electron chi connectivity index (χ0n) is 18.1. The van der Waals surface area contributed by atoms with Gasteiger partial charge in [0.25, 0.3) is 5.91 Å². The van der Waals surface area contributed by atoms with Crippen LogP contribution in [0.3, 0.4) is 0 Å². The number of nitrogens with one attached hydrogen (secondary N) is 1. The molecular weight excluding hydrogens is 443 g/mol. The number of aromatic nitrogens is 1. The smallest absolute Gasteiger partial charge is 0.279 e. The van der Waals surface area contributed by atoms with Crippen molar-refractivity contribution in [2.24, 2.45) is 4.99 Å². The number of halogens is 1. The molecule has 10 heteroatoms. The van der Waals surface area contributed by atoms with Crippen molar-refractivity contribution in [3.63, 3.8) is 0 Å². The molecule has 1 aliphatic heterocycles. The molecule has 2 aromatic rings. The van der Waals surface area contributed by atoms with Crippen LogP contribution in [0.4, 0.5) is 4.39 Å². The van der Waals surface area contributed by atoms with E-state index in [4.69, 9.17) is 9.84 Å². The van der Waals surface area contributed by atoms with Crippen molar-refractivity contribution in [3.8, 4) is 5.75 Å². The van der Waals surface area contributed by atoms with Gasteiger partial charge in [-0.15, -0.1) is 0 Å². The molecule has 4 rings (SSSR count). The Bertz CT molecular complexity index is 1470. The van der Waals surface area contributed by atoms with Crippen LogP contribution >= 0.6 is 0 Å². The minimum absolute atomic E-state index is 0.00163. The number of hydrogen-bond donors (Lipinski definition) is 4. The van der Waals surface area contributed by atoms with E-state index in [-0.39, 0.29) is 35.4 Å². The minimum atomic E-state index is -0.824. The van der Waals surface area contributed by atoms with Crippen molar-refractivity contribution in [1.29, 1.82) is 0 Å². The van der Waals surface area contributed by atoms with Gasteiger partial charge in [0.05, 0.1) is 37.2 Å². The molecule has 0 atom stereocenters. The molecule has 0 unspecified atom stereocenters. The summed E-state index contributed by atoms with van der Waals surface area (Å²) >= 11 is 0. The van der Waals surface area contributed by atoms with E-state index < -0.39 is 11.7 Å². The second-order valence-corrected chi connectivity index (χ2v) is 7.28. The van der Waals surface area contributed by atoms with Crippen LogP contribution in [0, 0.1) is 10.6 Å². The lowest BCUT2D eigenvalue weighted by Gasteiger charge is -2.15. The number of hydrogen-bond acceptors (Lipinski definition) is 8. The van der Waals surface area contributed by atoms with Gasteiger partial charge in [0, 0.05) is 22.8 Å². The van der Waals surface area contributed by atoms with Crippen LogP contribution in [0.15, 0.2) is 59.5 Å². The molecule has 9 nitrogen and oxygen atoms in total. The highest BCUT2D eigenvalue weighted by Crippen LogP contribution is 2.20. The molecule has 2 aliphatic rings. The molecular formula is C24H21FN4O5. The minimum Gasteiger partial charge on any atom is -0.494 e. The van der Waals surface area contributed by atoms with Gasteiger partial charge in [-0.25, -0.2) is 19.9 Å². The third-order valence-corrected chi connectivity index (χ3v) is 5.22. The zero-order chi connectivity index (χ0) is 24.2. The maximum atomic E-state index is 14.4. The lowest BCUT2D eigenvalue weighted by atomic mass is 10.0. The lowest BCUT2D eigenvalue weighted by Crippen LogP contribution is -2.32. The number of pyridine rings is 1. The number of aliphatic imine (C=N–C) groups is 1. The van der Waals surface area contributed by atoms with E-state index in [1.807, 2.05) is 0 Å². The molecule has 0 bridgehead atoms. The van der Waals surface area contributed by atoms with E-state index in [2.05, 4.69) is 9.98 Å². The average molecular weight is 464 g/mol. The molecule has 1 aromatic heterocycles. The summed E-state index contributed by atoms with van der Waals surface area (Å²) in [6.07, 6.45) is 8.82. The van der Waals surface area contributed by atoms with Crippen LogP contribution < -0.4 is 20.7 Å². The van der Waals surface area contributed by atoms with Gasteiger partial charge in [0.15, 0.2) is 5.75 Å². The first-order chi connectivity index (χ1) is 16.5. The van der Waals surface area contributed by atoms with Crippen molar-refractivity contribution in [1.82, 2.24) is 15.5 Å². The maximum Gasteiger partial charge on any atom is 0.279 e.